The first-order chi connectivity index (χ1) is 12.5. The van der Waals surface area contributed by atoms with Crippen molar-refractivity contribution in [2.45, 2.75) is 6.54 Å². The highest BCUT2D eigenvalue weighted by Crippen LogP contribution is 2.27. The summed E-state index contributed by atoms with van der Waals surface area (Å²) < 4.78 is 15.6. The van der Waals surface area contributed by atoms with Crippen LogP contribution in [0.5, 0.6) is 11.5 Å². The van der Waals surface area contributed by atoms with Crippen LogP contribution in [0.2, 0.25) is 0 Å². The fourth-order valence-electron chi connectivity index (χ4n) is 2.49. The highest BCUT2D eigenvalue weighted by Gasteiger charge is 2.36. The van der Waals surface area contributed by atoms with Gasteiger partial charge in [-0.3, -0.25) is 19.8 Å². The Hall–Kier alpha value is -3.55. The molecule has 1 N–H and O–H groups in total. The van der Waals surface area contributed by atoms with Crippen molar-refractivity contribution >= 4 is 23.9 Å². The fraction of sp³-hybridized carbons (Fsp3) is 0.167. The van der Waals surface area contributed by atoms with Gasteiger partial charge in [0.1, 0.15) is 22.8 Å². The molecule has 1 aliphatic rings. The molecule has 0 spiro atoms. The van der Waals surface area contributed by atoms with Gasteiger partial charge in [0.25, 0.3) is 11.8 Å². The van der Waals surface area contributed by atoms with Gasteiger partial charge in [-0.1, -0.05) is 0 Å². The Morgan fingerprint density at radius 1 is 1.15 bits per heavy atom. The molecule has 0 radical (unpaired) electrons. The second kappa shape index (κ2) is 7.14. The Morgan fingerprint density at radius 2 is 1.96 bits per heavy atom. The minimum atomic E-state index is -0.796. The molecule has 26 heavy (non-hydrogen) atoms. The first kappa shape index (κ1) is 17.3. The van der Waals surface area contributed by atoms with Crippen molar-refractivity contribution in [1.29, 1.82) is 0 Å². The van der Waals surface area contributed by atoms with Crippen molar-refractivity contribution in [1.82, 2.24) is 10.2 Å². The first-order valence-electron chi connectivity index (χ1n) is 7.66. The number of hydrogen-bond donors (Lipinski definition) is 1. The Labute approximate surface area is 149 Å². The molecule has 8 heteroatoms. The molecule has 0 saturated carbocycles. The summed E-state index contributed by atoms with van der Waals surface area (Å²) in [7, 11) is 2.98. The maximum atomic E-state index is 12.7. The highest BCUT2D eigenvalue weighted by atomic mass is 16.5. The van der Waals surface area contributed by atoms with Crippen LogP contribution < -0.4 is 14.8 Å². The van der Waals surface area contributed by atoms with Gasteiger partial charge in [0.15, 0.2) is 0 Å². The van der Waals surface area contributed by atoms with E-state index >= 15 is 0 Å². The van der Waals surface area contributed by atoms with Crippen molar-refractivity contribution < 1.29 is 28.3 Å². The molecule has 0 atom stereocenters. The Balaban J connectivity index is 1.95. The van der Waals surface area contributed by atoms with Gasteiger partial charge in [-0.2, -0.15) is 0 Å². The van der Waals surface area contributed by atoms with Crippen LogP contribution in [0.4, 0.5) is 4.79 Å². The molecule has 2 heterocycles. The van der Waals surface area contributed by atoms with Crippen molar-refractivity contribution in [2.24, 2.45) is 0 Å². The van der Waals surface area contributed by atoms with E-state index in [2.05, 4.69) is 5.32 Å². The second-order valence-corrected chi connectivity index (χ2v) is 5.40. The summed E-state index contributed by atoms with van der Waals surface area (Å²) in [6.07, 6.45) is 2.81. The molecule has 2 aromatic rings. The van der Waals surface area contributed by atoms with Gasteiger partial charge in [-0.05, 0) is 30.3 Å². The van der Waals surface area contributed by atoms with Crippen LogP contribution in [-0.2, 0) is 16.1 Å². The summed E-state index contributed by atoms with van der Waals surface area (Å²) in [5.41, 5.74) is 0.318. The van der Waals surface area contributed by atoms with Gasteiger partial charge in [0.2, 0.25) is 0 Å². The predicted octanol–water partition coefficient (Wildman–Crippen LogP) is 1.96. The number of rotatable bonds is 5. The lowest BCUT2D eigenvalue weighted by molar-refractivity contribution is -0.130. The van der Waals surface area contributed by atoms with Gasteiger partial charge >= 0.3 is 6.03 Å². The van der Waals surface area contributed by atoms with Crippen molar-refractivity contribution in [2.75, 3.05) is 14.2 Å². The Kier molecular flexibility index (Phi) is 4.74. The quantitative estimate of drug-likeness (QED) is 0.650. The molecule has 1 aromatic carbocycles. The van der Waals surface area contributed by atoms with E-state index < -0.39 is 17.8 Å². The number of furan rings is 1. The van der Waals surface area contributed by atoms with Crippen molar-refractivity contribution in [3.63, 3.8) is 0 Å². The van der Waals surface area contributed by atoms with Crippen LogP contribution in [0.1, 0.15) is 11.3 Å². The van der Waals surface area contributed by atoms with E-state index in [1.54, 1.807) is 30.3 Å². The minimum Gasteiger partial charge on any atom is -0.497 e. The topological polar surface area (TPSA) is 98.1 Å². The number of carbonyl (C=O) groups is 3. The number of imide groups is 2. The SMILES string of the molecule is COc1ccc(/C=C2/C(=O)NC(=O)N(Cc3ccco3)C2=O)c(OC)c1. The highest BCUT2D eigenvalue weighted by molar-refractivity contribution is 6.31. The number of nitrogens with one attached hydrogen (secondary N) is 1. The number of benzene rings is 1. The van der Waals surface area contributed by atoms with Crippen LogP contribution in [0.3, 0.4) is 0 Å². The summed E-state index contributed by atoms with van der Waals surface area (Å²) in [5, 5.41) is 2.15. The maximum Gasteiger partial charge on any atom is 0.331 e. The third-order valence-electron chi connectivity index (χ3n) is 3.82. The normalized spacial score (nSPS) is 16.0. The van der Waals surface area contributed by atoms with E-state index in [1.165, 1.54) is 26.6 Å². The van der Waals surface area contributed by atoms with Gasteiger partial charge in [0.05, 0.1) is 27.0 Å². The molecule has 1 saturated heterocycles. The first-order valence-corrected chi connectivity index (χ1v) is 7.66. The molecule has 4 amide bonds. The van der Waals surface area contributed by atoms with Gasteiger partial charge in [-0.25, -0.2) is 4.79 Å². The van der Waals surface area contributed by atoms with Crippen LogP contribution in [-0.4, -0.2) is 37.0 Å². The lowest BCUT2D eigenvalue weighted by Crippen LogP contribution is -2.53. The molecule has 0 aliphatic carbocycles. The lowest BCUT2D eigenvalue weighted by atomic mass is 10.1. The zero-order valence-corrected chi connectivity index (χ0v) is 14.1. The third kappa shape index (κ3) is 3.30. The van der Waals surface area contributed by atoms with E-state index in [0.717, 1.165) is 4.90 Å². The average Bonchev–Trinajstić information content (AvgIpc) is 3.15. The van der Waals surface area contributed by atoms with E-state index in [1.807, 2.05) is 0 Å². The maximum absolute atomic E-state index is 12.7. The summed E-state index contributed by atoms with van der Waals surface area (Å²) in [4.78, 5) is 37.7. The fourth-order valence-corrected chi connectivity index (χ4v) is 2.49. The number of amides is 4. The average molecular weight is 356 g/mol. The summed E-state index contributed by atoms with van der Waals surface area (Å²) in [6.45, 7) is -0.0813. The molecular formula is C18H16N2O6. The lowest BCUT2D eigenvalue weighted by Gasteiger charge is -2.25. The molecule has 1 aromatic heterocycles. The molecule has 1 aliphatic heterocycles. The summed E-state index contributed by atoms with van der Waals surface area (Å²) in [5.74, 6) is -0.0733. The van der Waals surface area contributed by atoms with Crippen LogP contribution in [0.15, 0.2) is 46.6 Å². The summed E-state index contributed by atoms with van der Waals surface area (Å²) >= 11 is 0. The molecule has 0 bridgehead atoms. The number of hydrogen-bond acceptors (Lipinski definition) is 6. The van der Waals surface area contributed by atoms with Crippen LogP contribution in [0.25, 0.3) is 6.08 Å². The monoisotopic (exact) mass is 356 g/mol. The second-order valence-electron chi connectivity index (χ2n) is 5.40. The number of urea groups is 1. The molecular weight excluding hydrogens is 340 g/mol. The zero-order chi connectivity index (χ0) is 18.7. The van der Waals surface area contributed by atoms with Crippen LogP contribution in [0, 0.1) is 0 Å². The van der Waals surface area contributed by atoms with E-state index in [4.69, 9.17) is 13.9 Å². The minimum absolute atomic E-state index is 0.0813. The van der Waals surface area contributed by atoms with Gasteiger partial charge in [0, 0.05) is 11.6 Å². The number of ether oxygens (including phenoxy) is 2. The Bertz CT molecular complexity index is 885. The summed E-state index contributed by atoms with van der Waals surface area (Å²) in [6, 6.07) is 7.43. The number of carbonyl (C=O) groups excluding carboxylic acids is 3. The molecule has 0 unspecified atom stereocenters. The van der Waals surface area contributed by atoms with Crippen LogP contribution >= 0.6 is 0 Å². The van der Waals surface area contributed by atoms with Gasteiger partial charge < -0.3 is 13.9 Å². The van der Waals surface area contributed by atoms with Gasteiger partial charge in [-0.15, -0.1) is 0 Å². The number of methoxy groups -OCH3 is 2. The zero-order valence-electron chi connectivity index (χ0n) is 14.1. The van der Waals surface area contributed by atoms with Crippen molar-refractivity contribution in [3.05, 3.63) is 53.5 Å². The van der Waals surface area contributed by atoms with Crippen molar-refractivity contribution in [3.8, 4) is 11.5 Å². The molecule has 134 valence electrons. The van der Waals surface area contributed by atoms with E-state index in [-0.39, 0.29) is 12.1 Å². The standard InChI is InChI=1S/C18H16N2O6/c1-24-12-6-5-11(15(9-12)25-2)8-14-16(21)19-18(23)20(17(14)22)10-13-4-3-7-26-13/h3-9H,10H2,1-2H3,(H,19,21,23)/b14-8-. The third-order valence-corrected chi connectivity index (χ3v) is 3.82. The van der Waals surface area contributed by atoms with E-state index in [9.17, 15) is 14.4 Å². The molecule has 8 nitrogen and oxygen atoms in total. The predicted molar refractivity (Wildman–Crippen MR) is 90.3 cm³/mol. The smallest absolute Gasteiger partial charge is 0.331 e. The number of barbiturate groups is 1. The largest absolute Gasteiger partial charge is 0.497 e. The number of nitrogens with zero attached hydrogens (tertiary/aromatic N) is 1. The molecule has 1 fully saturated rings. The van der Waals surface area contributed by atoms with E-state index in [0.29, 0.717) is 22.8 Å². The molecule has 3 rings (SSSR count). The Morgan fingerprint density at radius 3 is 2.62 bits per heavy atom.